The first-order chi connectivity index (χ1) is 38.7. The van der Waals surface area contributed by atoms with Crippen molar-refractivity contribution < 1.29 is 52.3 Å². The molecule has 0 aliphatic carbocycles. The molecule has 6 aromatic rings. The molecule has 6 aromatic carbocycles. The van der Waals surface area contributed by atoms with Gasteiger partial charge in [0.1, 0.15) is 41.8 Å². The molecule has 1 atom stereocenters. The molecule has 3 amide bonds. The van der Waals surface area contributed by atoms with Gasteiger partial charge in [-0.3, -0.25) is 14.4 Å². The highest BCUT2D eigenvalue weighted by Crippen LogP contribution is 2.40. The molecule has 0 N–H and O–H groups in total. The molecule has 0 aromatic heterocycles. The summed E-state index contributed by atoms with van der Waals surface area (Å²) >= 11 is 18.1. The van der Waals surface area contributed by atoms with E-state index >= 15 is 0 Å². The van der Waals surface area contributed by atoms with Gasteiger partial charge in [-0.25, -0.2) is 0 Å². The molecule has 3 heterocycles. The van der Waals surface area contributed by atoms with Gasteiger partial charge >= 0.3 is 0 Å². The van der Waals surface area contributed by atoms with Gasteiger partial charge in [0.05, 0.1) is 19.6 Å². The number of alkyl halides is 3. The van der Waals surface area contributed by atoms with Crippen molar-refractivity contribution in [2.24, 2.45) is 11.8 Å². The minimum atomic E-state index is -0.647. The number of nitrogens with zero attached hydrogens (tertiary/aromatic N) is 3. The van der Waals surface area contributed by atoms with E-state index < -0.39 is 5.38 Å². The minimum absolute atomic E-state index is 0.00191. The quantitative estimate of drug-likeness (QED) is 0.0503. The van der Waals surface area contributed by atoms with Crippen LogP contribution in [0.4, 0.5) is 17.1 Å². The molecule has 0 fully saturated rings. The smallest absolute Gasteiger partial charge is 0.245 e. The van der Waals surface area contributed by atoms with E-state index in [1.807, 2.05) is 111 Å². The third-order valence-corrected chi connectivity index (χ3v) is 13.9. The topological polar surface area (TPSA) is 135 Å². The lowest BCUT2D eigenvalue weighted by atomic mass is 9.97. The van der Waals surface area contributed by atoms with Crippen molar-refractivity contribution >= 4 is 69.6 Å². The van der Waals surface area contributed by atoms with E-state index in [0.717, 1.165) is 28.1 Å². The summed E-state index contributed by atoms with van der Waals surface area (Å²) in [5.41, 5.74) is 6.26. The average Bonchev–Trinajstić information content (AvgIpc) is 4.29. The summed E-state index contributed by atoms with van der Waals surface area (Å²) in [5.74, 6) is 5.50. The molecule has 9 rings (SSSR count). The number of fused-ring (bicyclic) bond motifs is 3. The predicted molar refractivity (Wildman–Crippen MR) is 316 cm³/mol. The van der Waals surface area contributed by atoms with E-state index in [4.69, 9.17) is 72.7 Å². The van der Waals surface area contributed by atoms with Gasteiger partial charge in [0.2, 0.25) is 38.1 Å². The fourth-order valence-electron chi connectivity index (χ4n) is 8.60. The number of ether oxygens (including phenoxy) is 8. The molecule has 0 saturated heterocycles. The minimum Gasteiger partial charge on any atom is -0.489 e. The normalized spacial score (nSPS) is 12.8. The fraction of sp³-hybridized carbons (Fsp3) is 0.317. The molecule has 0 spiro atoms. The Labute approximate surface area is 484 Å². The van der Waals surface area contributed by atoms with Crippen molar-refractivity contribution in [2.75, 3.05) is 60.1 Å². The second-order valence-corrected chi connectivity index (χ2v) is 20.6. The van der Waals surface area contributed by atoms with Crippen LogP contribution < -0.4 is 52.6 Å². The Morgan fingerprint density at radius 1 is 0.537 bits per heavy atom. The van der Waals surface area contributed by atoms with Crippen molar-refractivity contribution in [1.82, 2.24) is 0 Å². The average molecular weight is 1150 g/mol. The van der Waals surface area contributed by atoms with Crippen LogP contribution in [0.15, 0.2) is 152 Å². The Balaban J connectivity index is 0.000000174. The Morgan fingerprint density at radius 2 is 0.938 bits per heavy atom. The molecular weight excluding hydrogens is 1080 g/mol. The molecule has 3 aliphatic rings. The summed E-state index contributed by atoms with van der Waals surface area (Å²) < 4.78 is 44.1. The molecule has 0 radical (unpaired) electrons. The van der Waals surface area contributed by atoms with Crippen molar-refractivity contribution in [3.63, 3.8) is 0 Å². The molecule has 0 bridgehead atoms. The zero-order valence-corrected chi connectivity index (χ0v) is 48.2. The predicted octanol–water partition coefficient (Wildman–Crippen LogP) is 13.9. The second kappa shape index (κ2) is 29.6. The molecule has 3 aliphatic heterocycles. The van der Waals surface area contributed by atoms with Gasteiger partial charge < -0.3 is 52.6 Å². The third kappa shape index (κ3) is 16.1. The molecule has 0 saturated carbocycles. The number of carbonyl (C=O) groups is 3. The van der Waals surface area contributed by atoms with Crippen molar-refractivity contribution in [3.05, 3.63) is 174 Å². The highest BCUT2D eigenvalue weighted by atomic mass is 35.5. The number of anilines is 3. The van der Waals surface area contributed by atoms with E-state index in [-0.39, 0.29) is 55.8 Å². The summed E-state index contributed by atoms with van der Waals surface area (Å²) in [6, 6.07) is 39.8. The lowest BCUT2D eigenvalue weighted by Gasteiger charge is -2.27. The summed E-state index contributed by atoms with van der Waals surface area (Å²) in [5, 5.41) is -0.647. The van der Waals surface area contributed by atoms with E-state index in [1.54, 1.807) is 45.0 Å². The molecule has 17 heteroatoms. The first-order valence-corrected chi connectivity index (χ1v) is 27.8. The third-order valence-electron chi connectivity index (χ3n) is 12.7. The number of benzene rings is 6. The number of amides is 3. The van der Waals surface area contributed by atoms with E-state index in [2.05, 4.69) is 52.5 Å². The fourth-order valence-corrected chi connectivity index (χ4v) is 9.00. The van der Waals surface area contributed by atoms with E-state index in [0.29, 0.717) is 96.3 Å². The number of hydrogen-bond acceptors (Lipinski definition) is 11. The first-order valence-electron chi connectivity index (χ1n) is 26.3. The molecule has 1 unspecified atom stereocenters. The number of carbonyl (C=O) groups excluding carboxylic acids is 3. The van der Waals surface area contributed by atoms with Gasteiger partial charge in [-0.2, -0.15) is 0 Å². The number of allylic oxidation sites excluding steroid dienone is 1. The number of hydrogen-bond donors (Lipinski definition) is 0. The Bertz CT molecular complexity index is 3100. The first kappa shape index (κ1) is 60.1. The van der Waals surface area contributed by atoms with E-state index in [9.17, 15) is 14.4 Å². The molecule has 14 nitrogen and oxygen atoms in total. The zero-order chi connectivity index (χ0) is 57.1. The number of halogens is 3. The standard InChI is InChI=1S/2C22H24ClNO4.C19H20ClNO3/c1-16(2)6-5-11-26-19-8-4-3-7-17(19)14-24(22(25)13-23)18-9-10-20-21(12-18)28-15-27-20;1-4-11-26-18-8-6-5-7-16(18)13-24(22(25)21(23)15(2)3)17-9-10-19-20(12-17)28-14-27-19;1-13(2)16-6-4-3-5-14(16)11-21(19(22)10-20)15-7-8-17-18(9-15)24-12-23-17/h3-10,12,16H,11,13-15H2,1-2H3;4-10,12,15,21H,1,11,13-14H2,2-3H3;3-9,13H,10-12H2,1-2H3/b6-5-;;. The van der Waals surface area contributed by atoms with Crippen molar-refractivity contribution in [3.8, 4) is 46.0 Å². The number of para-hydroxylation sites is 2. The highest BCUT2D eigenvalue weighted by molar-refractivity contribution is 6.33. The molecule has 422 valence electrons. The van der Waals surface area contributed by atoms with Gasteiger partial charge in [-0.1, -0.05) is 127 Å². The van der Waals surface area contributed by atoms with Crippen LogP contribution in [0.2, 0.25) is 0 Å². The highest BCUT2D eigenvalue weighted by Gasteiger charge is 2.29. The summed E-state index contributed by atoms with van der Waals surface area (Å²) in [6.45, 7) is 18.6. The van der Waals surface area contributed by atoms with Crippen LogP contribution in [0, 0.1) is 11.8 Å². The van der Waals surface area contributed by atoms with Gasteiger partial charge in [-0.15, -0.1) is 34.8 Å². The lowest BCUT2D eigenvalue weighted by molar-refractivity contribution is -0.119. The van der Waals surface area contributed by atoms with Gasteiger partial charge in [-0.05, 0) is 77.4 Å². The summed E-state index contributed by atoms with van der Waals surface area (Å²) in [6.07, 6.45) is 5.78. The van der Waals surface area contributed by atoms with Crippen molar-refractivity contribution in [2.45, 2.75) is 72.5 Å². The summed E-state index contributed by atoms with van der Waals surface area (Å²) in [4.78, 5) is 43.1. The van der Waals surface area contributed by atoms with Gasteiger partial charge in [0, 0.05) is 46.4 Å². The van der Waals surface area contributed by atoms with Crippen LogP contribution in [-0.2, 0) is 34.0 Å². The Hall–Kier alpha value is -7.52. The van der Waals surface area contributed by atoms with Crippen molar-refractivity contribution in [1.29, 1.82) is 0 Å². The second-order valence-electron chi connectivity index (χ2n) is 19.6. The SMILES string of the molecule is C=CCOc1ccccc1CN(C(=O)C(Cl)C(C)C)c1ccc2c(c1)OCO2.CC(C)/C=C\COc1ccccc1CN(C(=O)CCl)c1ccc2c(c1)OCO2.CC(C)c1ccccc1CN(C(=O)CCl)c1ccc2c(c1)OCO2. The van der Waals surface area contributed by atoms with Crippen LogP contribution in [-0.4, -0.2) is 68.5 Å². The lowest BCUT2D eigenvalue weighted by Crippen LogP contribution is -2.38. The summed E-state index contributed by atoms with van der Waals surface area (Å²) in [7, 11) is 0. The van der Waals surface area contributed by atoms with Crippen LogP contribution in [0.3, 0.4) is 0 Å². The molecular formula is C63H68Cl3N3O11. The maximum atomic E-state index is 13.2. The van der Waals surface area contributed by atoms with Crippen LogP contribution in [0.25, 0.3) is 0 Å². The van der Waals surface area contributed by atoms with Crippen LogP contribution in [0.1, 0.15) is 69.7 Å². The number of rotatable bonds is 21. The molecule has 80 heavy (non-hydrogen) atoms. The zero-order valence-electron chi connectivity index (χ0n) is 45.9. The van der Waals surface area contributed by atoms with Crippen LogP contribution >= 0.6 is 34.8 Å². The van der Waals surface area contributed by atoms with Gasteiger partial charge in [0.15, 0.2) is 34.5 Å². The maximum Gasteiger partial charge on any atom is 0.245 e. The van der Waals surface area contributed by atoms with E-state index in [1.165, 1.54) is 5.56 Å². The maximum absolute atomic E-state index is 13.2. The Kier molecular flexibility index (Phi) is 22.3. The van der Waals surface area contributed by atoms with Crippen LogP contribution in [0.5, 0.6) is 46.0 Å². The largest absolute Gasteiger partial charge is 0.489 e. The van der Waals surface area contributed by atoms with Gasteiger partial charge in [0.25, 0.3) is 0 Å². The Morgan fingerprint density at radius 3 is 1.38 bits per heavy atom. The monoisotopic (exact) mass is 1150 g/mol.